The van der Waals surface area contributed by atoms with Gasteiger partial charge in [0.25, 0.3) is 0 Å². The molecule has 10 nitrogen and oxygen atoms in total. The number of anilines is 2. The van der Waals surface area contributed by atoms with Crippen LogP contribution in [0.5, 0.6) is 0 Å². The minimum atomic E-state index is -0.630. The molecule has 2 N–H and O–H groups in total. The SMILES string of the molecule is CC(C)(C)OC(=O)N(CCCN(C(=O)OC(C)(C)C)C1CCCCC1)Cc1ccc(CNc2nc(Cl)cc(NCc3ccccc3)n2)cc1. The summed E-state index contributed by atoms with van der Waals surface area (Å²) in [7, 11) is 0. The van der Waals surface area contributed by atoms with E-state index in [1.165, 1.54) is 6.42 Å². The molecule has 11 heteroatoms. The van der Waals surface area contributed by atoms with Crippen molar-refractivity contribution in [3.05, 3.63) is 82.5 Å². The van der Waals surface area contributed by atoms with Crippen LogP contribution in [-0.4, -0.2) is 62.3 Å². The molecule has 0 saturated heterocycles. The van der Waals surface area contributed by atoms with E-state index in [1.54, 1.807) is 11.0 Å². The molecule has 3 aromatic rings. The van der Waals surface area contributed by atoms with Gasteiger partial charge in [0.2, 0.25) is 5.95 Å². The molecule has 0 atom stereocenters. The number of ether oxygens (including phenoxy) is 2. The average Bonchev–Trinajstić information content (AvgIpc) is 3.04. The number of aromatic nitrogens is 2. The minimum absolute atomic E-state index is 0.161. The number of hydrogen-bond donors (Lipinski definition) is 2. The Labute approximate surface area is 296 Å². The zero-order valence-electron chi connectivity index (χ0n) is 29.9. The Morgan fingerprint density at radius 3 is 2.02 bits per heavy atom. The van der Waals surface area contributed by atoms with E-state index in [0.29, 0.717) is 56.1 Å². The smallest absolute Gasteiger partial charge is 0.410 e. The van der Waals surface area contributed by atoms with E-state index in [0.717, 1.165) is 42.4 Å². The molecule has 0 spiro atoms. The van der Waals surface area contributed by atoms with Gasteiger partial charge < -0.3 is 29.9 Å². The first-order chi connectivity index (χ1) is 23.2. The van der Waals surface area contributed by atoms with Crippen LogP contribution >= 0.6 is 11.6 Å². The number of nitrogens with zero attached hydrogens (tertiary/aromatic N) is 4. The van der Waals surface area contributed by atoms with Crippen LogP contribution in [0.2, 0.25) is 5.15 Å². The molecule has 1 fully saturated rings. The molecular weight excluding hydrogens is 640 g/mol. The van der Waals surface area contributed by atoms with Gasteiger partial charge >= 0.3 is 12.2 Å². The summed E-state index contributed by atoms with van der Waals surface area (Å²) in [4.78, 5) is 39.0. The maximum Gasteiger partial charge on any atom is 0.410 e. The molecule has 0 aliphatic heterocycles. The molecule has 0 radical (unpaired) electrons. The highest BCUT2D eigenvalue weighted by atomic mass is 35.5. The van der Waals surface area contributed by atoms with Gasteiger partial charge in [-0.25, -0.2) is 14.6 Å². The lowest BCUT2D eigenvalue weighted by Crippen LogP contribution is -2.45. The summed E-state index contributed by atoms with van der Waals surface area (Å²) in [6.45, 7) is 13.7. The predicted molar refractivity (Wildman–Crippen MR) is 196 cm³/mol. The summed E-state index contributed by atoms with van der Waals surface area (Å²) in [5, 5.41) is 6.90. The number of halogens is 1. The van der Waals surface area contributed by atoms with Gasteiger partial charge in [0.15, 0.2) is 0 Å². The van der Waals surface area contributed by atoms with Crippen molar-refractivity contribution in [1.82, 2.24) is 19.8 Å². The number of amides is 2. The van der Waals surface area contributed by atoms with Gasteiger partial charge in [-0.1, -0.05) is 85.5 Å². The Bertz CT molecular complexity index is 1480. The molecule has 1 aromatic heterocycles. The van der Waals surface area contributed by atoms with Crippen LogP contribution in [0.1, 0.15) is 96.8 Å². The highest BCUT2D eigenvalue weighted by Gasteiger charge is 2.30. The fourth-order valence-electron chi connectivity index (χ4n) is 5.67. The summed E-state index contributed by atoms with van der Waals surface area (Å²) < 4.78 is 11.6. The number of carbonyl (C=O) groups excluding carboxylic acids is 2. The predicted octanol–water partition coefficient (Wildman–Crippen LogP) is 9.05. The van der Waals surface area contributed by atoms with E-state index < -0.39 is 11.2 Å². The van der Waals surface area contributed by atoms with Crippen LogP contribution in [0, 0.1) is 0 Å². The number of benzene rings is 2. The second-order valence-corrected chi connectivity index (χ2v) is 15.0. The second-order valence-electron chi connectivity index (χ2n) is 14.6. The molecule has 1 aliphatic rings. The molecular formula is C38H53ClN6O4. The molecule has 1 aliphatic carbocycles. The molecule has 2 amide bonds. The first-order valence-corrected chi connectivity index (χ1v) is 17.7. The van der Waals surface area contributed by atoms with Crippen molar-refractivity contribution >= 4 is 35.6 Å². The quantitative estimate of drug-likeness (QED) is 0.171. The van der Waals surface area contributed by atoms with Gasteiger partial charge in [0.05, 0.1) is 0 Å². The summed E-state index contributed by atoms with van der Waals surface area (Å²) in [6.07, 6.45) is 5.32. The molecule has 2 aromatic carbocycles. The van der Waals surface area contributed by atoms with Crippen LogP contribution in [-0.2, 0) is 29.1 Å². The summed E-state index contributed by atoms with van der Waals surface area (Å²) in [6, 6.07) is 20.0. The van der Waals surface area contributed by atoms with E-state index in [2.05, 4.69) is 20.6 Å². The Morgan fingerprint density at radius 1 is 0.776 bits per heavy atom. The van der Waals surface area contributed by atoms with Crippen molar-refractivity contribution in [3.8, 4) is 0 Å². The fraction of sp³-hybridized carbons (Fsp3) is 0.526. The Balaban J connectivity index is 1.36. The molecule has 1 saturated carbocycles. The maximum atomic E-state index is 13.3. The zero-order chi connectivity index (χ0) is 35.4. The Morgan fingerprint density at radius 2 is 1.37 bits per heavy atom. The average molecular weight is 693 g/mol. The van der Waals surface area contributed by atoms with E-state index in [9.17, 15) is 9.59 Å². The van der Waals surface area contributed by atoms with Crippen LogP contribution < -0.4 is 10.6 Å². The van der Waals surface area contributed by atoms with Gasteiger partial charge in [-0.2, -0.15) is 4.98 Å². The maximum absolute atomic E-state index is 13.3. The van der Waals surface area contributed by atoms with E-state index in [4.69, 9.17) is 21.1 Å². The van der Waals surface area contributed by atoms with Crippen molar-refractivity contribution in [2.75, 3.05) is 23.7 Å². The third kappa shape index (κ3) is 13.4. The number of rotatable bonds is 13. The highest BCUT2D eigenvalue weighted by molar-refractivity contribution is 6.29. The van der Waals surface area contributed by atoms with Crippen LogP contribution in [0.4, 0.5) is 21.4 Å². The van der Waals surface area contributed by atoms with Gasteiger partial charge in [0.1, 0.15) is 22.2 Å². The molecule has 4 rings (SSSR count). The first kappa shape index (κ1) is 37.8. The van der Waals surface area contributed by atoms with Crippen molar-refractivity contribution < 1.29 is 19.1 Å². The van der Waals surface area contributed by atoms with Gasteiger partial charge in [0, 0.05) is 44.8 Å². The van der Waals surface area contributed by atoms with Gasteiger partial charge in [-0.05, 0) is 77.5 Å². The van der Waals surface area contributed by atoms with Gasteiger partial charge in [-0.3, -0.25) is 0 Å². The van der Waals surface area contributed by atoms with Crippen LogP contribution in [0.3, 0.4) is 0 Å². The van der Waals surface area contributed by atoms with Crippen molar-refractivity contribution in [2.24, 2.45) is 0 Å². The van der Waals surface area contributed by atoms with Crippen molar-refractivity contribution in [1.29, 1.82) is 0 Å². The Kier molecular flexibility index (Phi) is 13.5. The lowest BCUT2D eigenvalue weighted by molar-refractivity contribution is 0.00970. The lowest BCUT2D eigenvalue weighted by atomic mass is 9.94. The first-order valence-electron chi connectivity index (χ1n) is 17.4. The summed E-state index contributed by atoms with van der Waals surface area (Å²) in [5.41, 5.74) is 1.93. The van der Waals surface area contributed by atoms with E-state index in [1.807, 2.05) is 101 Å². The van der Waals surface area contributed by atoms with E-state index in [-0.39, 0.29) is 18.2 Å². The third-order valence-electron chi connectivity index (χ3n) is 7.98. The lowest BCUT2D eigenvalue weighted by Gasteiger charge is -2.36. The van der Waals surface area contributed by atoms with E-state index >= 15 is 0 Å². The largest absolute Gasteiger partial charge is 0.444 e. The molecule has 266 valence electrons. The fourth-order valence-corrected chi connectivity index (χ4v) is 5.85. The molecule has 0 unspecified atom stereocenters. The number of hydrogen-bond acceptors (Lipinski definition) is 8. The molecule has 0 bridgehead atoms. The minimum Gasteiger partial charge on any atom is -0.444 e. The second kappa shape index (κ2) is 17.6. The normalized spacial score (nSPS) is 13.8. The monoisotopic (exact) mass is 692 g/mol. The third-order valence-corrected chi connectivity index (χ3v) is 8.17. The van der Waals surface area contributed by atoms with Crippen LogP contribution in [0.15, 0.2) is 60.7 Å². The Hall–Kier alpha value is -4.05. The topological polar surface area (TPSA) is 109 Å². The van der Waals surface area contributed by atoms with Crippen molar-refractivity contribution in [3.63, 3.8) is 0 Å². The van der Waals surface area contributed by atoms with Crippen molar-refractivity contribution in [2.45, 2.75) is 117 Å². The molecule has 1 heterocycles. The van der Waals surface area contributed by atoms with Crippen LogP contribution in [0.25, 0.3) is 0 Å². The highest BCUT2D eigenvalue weighted by Crippen LogP contribution is 2.25. The number of carbonyl (C=O) groups is 2. The standard InChI is InChI=1S/C38H53ClN6O4/c1-37(2,3)48-35(46)44(22-13-23-45(31-16-11-8-12-17-31)36(47)49-38(4,5)6)27-30-20-18-29(19-21-30)26-41-34-42-32(39)24-33(43-34)40-25-28-14-9-7-10-15-28/h7,9-10,14-15,18-21,24,31H,8,11-13,16-17,22-23,25-27H2,1-6H3,(H2,40,41,42,43). The number of nitrogens with one attached hydrogen (secondary N) is 2. The van der Waals surface area contributed by atoms with Gasteiger partial charge in [-0.15, -0.1) is 0 Å². The zero-order valence-corrected chi connectivity index (χ0v) is 30.7. The summed E-state index contributed by atoms with van der Waals surface area (Å²) in [5.74, 6) is 1.06. The molecule has 49 heavy (non-hydrogen) atoms. The summed E-state index contributed by atoms with van der Waals surface area (Å²) >= 11 is 6.28.